The average molecular weight is 460 g/mol. The first-order valence-electron chi connectivity index (χ1n) is 11.2. The Kier molecular flexibility index (Phi) is 7.05. The summed E-state index contributed by atoms with van der Waals surface area (Å²) >= 11 is 0. The second-order valence-electron chi connectivity index (χ2n) is 8.37. The molecule has 0 aliphatic heterocycles. The number of benzene rings is 1. The molecule has 2 aromatic heterocycles. The lowest BCUT2D eigenvalue weighted by Crippen LogP contribution is -2.43. The van der Waals surface area contributed by atoms with E-state index in [-0.39, 0.29) is 30.2 Å². The number of nitrogens with zero attached hydrogens (tertiary/aromatic N) is 3. The number of hydrogen-bond acceptors (Lipinski definition) is 4. The summed E-state index contributed by atoms with van der Waals surface area (Å²) in [6.07, 6.45) is 2.17. The van der Waals surface area contributed by atoms with Gasteiger partial charge in [0.15, 0.2) is 0 Å². The van der Waals surface area contributed by atoms with Crippen LogP contribution in [-0.2, 0) is 0 Å². The van der Waals surface area contributed by atoms with Gasteiger partial charge >= 0.3 is 0 Å². The van der Waals surface area contributed by atoms with Gasteiger partial charge in [-0.2, -0.15) is 0 Å². The summed E-state index contributed by atoms with van der Waals surface area (Å²) in [6, 6.07) is 12.8. The fourth-order valence-corrected chi connectivity index (χ4v) is 4.43. The van der Waals surface area contributed by atoms with Crippen LogP contribution in [0.3, 0.4) is 0 Å². The zero-order valence-electron chi connectivity index (χ0n) is 18.5. The molecule has 0 saturated heterocycles. The zero-order valence-corrected chi connectivity index (χ0v) is 18.5. The topological polar surface area (TPSA) is 61.7 Å². The average Bonchev–Trinajstić information content (AvgIpc) is 3.28. The van der Waals surface area contributed by atoms with Gasteiger partial charge < -0.3 is 15.5 Å². The minimum atomic E-state index is -2.61. The highest BCUT2D eigenvalue weighted by molar-refractivity contribution is 5.95. The van der Waals surface area contributed by atoms with Crippen molar-refractivity contribution in [3.05, 3.63) is 59.9 Å². The maximum atomic E-state index is 13.1. The highest BCUT2D eigenvalue weighted by Crippen LogP contribution is 2.28. The Hall–Kier alpha value is -3.23. The molecule has 0 bridgehead atoms. The summed E-state index contributed by atoms with van der Waals surface area (Å²) in [5.41, 5.74) is 1.53. The van der Waals surface area contributed by atoms with Crippen molar-refractivity contribution in [2.24, 2.45) is 0 Å². The van der Waals surface area contributed by atoms with Crippen molar-refractivity contribution < 1.29 is 18.0 Å². The quantitative estimate of drug-likeness (QED) is 0.507. The predicted octanol–water partition coefficient (Wildman–Crippen LogP) is 4.83. The molecular formula is C24H28F3N5O. The lowest BCUT2D eigenvalue weighted by atomic mass is 9.90. The summed E-state index contributed by atoms with van der Waals surface area (Å²) in [5.74, 6) is 0.676. The van der Waals surface area contributed by atoms with E-state index < -0.39 is 13.1 Å². The fraction of sp³-hybridized carbons (Fsp3) is 0.417. The van der Waals surface area contributed by atoms with Crippen LogP contribution in [0.5, 0.6) is 0 Å². The number of anilines is 2. The predicted molar refractivity (Wildman–Crippen MR) is 123 cm³/mol. The van der Waals surface area contributed by atoms with Crippen LogP contribution < -0.4 is 15.5 Å². The van der Waals surface area contributed by atoms with E-state index in [1.807, 2.05) is 19.2 Å². The number of carbonyl (C=O) groups is 1. The second kappa shape index (κ2) is 10.1. The monoisotopic (exact) mass is 459 g/mol. The zero-order chi connectivity index (χ0) is 23.4. The number of nitrogens with one attached hydrogen (secondary N) is 2. The van der Waals surface area contributed by atoms with Crippen LogP contribution >= 0.6 is 0 Å². The van der Waals surface area contributed by atoms with Gasteiger partial charge in [-0.3, -0.25) is 9.20 Å². The van der Waals surface area contributed by atoms with Crippen molar-refractivity contribution in [1.29, 1.82) is 0 Å². The summed E-state index contributed by atoms with van der Waals surface area (Å²) in [7, 11) is 1.97. The largest absolute Gasteiger partial charge is 0.382 e. The maximum Gasteiger partial charge on any atom is 0.281 e. The highest BCUT2D eigenvalue weighted by Gasteiger charge is 2.27. The number of hydrogen-bond donors (Lipinski definition) is 2. The molecule has 1 amide bonds. The van der Waals surface area contributed by atoms with Gasteiger partial charge in [0.1, 0.15) is 23.8 Å². The van der Waals surface area contributed by atoms with Crippen LogP contribution in [0.2, 0.25) is 0 Å². The van der Waals surface area contributed by atoms with Crippen LogP contribution in [0.1, 0.15) is 48.2 Å². The number of pyridine rings is 1. The van der Waals surface area contributed by atoms with Gasteiger partial charge in [-0.05, 0) is 56.0 Å². The van der Waals surface area contributed by atoms with E-state index >= 15 is 0 Å². The second-order valence-corrected chi connectivity index (χ2v) is 8.37. The third-order valence-corrected chi connectivity index (χ3v) is 6.20. The maximum absolute atomic E-state index is 13.1. The van der Waals surface area contributed by atoms with Crippen LogP contribution in [0.25, 0.3) is 5.65 Å². The van der Waals surface area contributed by atoms with Gasteiger partial charge in [-0.1, -0.05) is 12.1 Å². The Balaban J connectivity index is 1.36. The molecule has 0 unspecified atom stereocenters. The molecule has 2 N–H and O–H groups in total. The van der Waals surface area contributed by atoms with E-state index in [0.717, 1.165) is 31.5 Å². The first kappa shape index (κ1) is 22.9. The number of aromatic nitrogens is 2. The normalized spacial score (nSPS) is 18.5. The Labute approximate surface area is 190 Å². The van der Waals surface area contributed by atoms with Crippen molar-refractivity contribution in [2.45, 2.75) is 44.2 Å². The molecule has 1 aromatic carbocycles. The molecule has 1 aliphatic carbocycles. The van der Waals surface area contributed by atoms with Crippen LogP contribution in [0.15, 0.2) is 48.7 Å². The van der Waals surface area contributed by atoms with E-state index in [9.17, 15) is 18.0 Å². The summed E-state index contributed by atoms with van der Waals surface area (Å²) in [4.78, 5) is 18.8. The number of halogens is 3. The Morgan fingerprint density at radius 1 is 1.18 bits per heavy atom. The Bertz CT molecular complexity index is 1090. The van der Waals surface area contributed by atoms with Crippen LogP contribution in [-0.4, -0.2) is 47.6 Å². The lowest BCUT2D eigenvalue weighted by molar-refractivity contribution is 0.0925. The van der Waals surface area contributed by atoms with Gasteiger partial charge in [0.25, 0.3) is 12.3 Å². The number of rotatable bonds is 8. The molecule has 1 saturated carbocycles. The third-order valence-electron chi connectivity index (χ3n) is 6.20. The lowest BCUT2D eigenvalue weighted by Gasteiger charge is -2.36. The van der Waals surface area contributed by atoms with E-state index in [2.05, 4.69) is 20.5 Å². The van der Waals surface area contributed by atoms with E-state index in [1.54, 1.807) is 34.7 Å². The van der Waals surface area contributed by atoms with Crippen molar-refractivity contribution in [3.8, 4) is 0 Å². The van der Waals surface area contributed by atoms with Crippen LogP contribution in [0, 0.1) is 0 Å². The minimum absolute atomic E-state index is 0.0686. The first-order chi connectivity index (χ1) is 16.0. The number of fused-ring (bicyclic) bond motifs is 1. The molecule has 176 valence electrons. The van der Waals surface area contributed by atoms with Crippen molar-refractivity contribution in [1.82, 2.24) is 14.7 Å². The molecule has 0 spiro atoms. The molecule has 3 aromatic rings. The molecular weight excluding hydrogens is 431 g/mol. The van der Waals surface area contributed by atoms with Gasteiger partial charge in [-0.25, -0.2) is 18.2 Å². The number of imidazole rings is 1. The Morgan fingerprint density at radius 3 is 2.67 bits per heavy atom. The number of carbonyl (C=O) groups excluding carboxylic acids is 1. The molecule has 4 rings (SSSR count). The van der Waals surface area contributed by atoms with Crippen molar-refractivity contribution in [2.75, 3.05) is 30.5 Å². The van der Waals surface area contributed by atoms with Gasteiger partial charge in [0, 0.05) is 43.1 Å². The van der Waals surface area contributed by atoms with E-state index in [4.69, 9.17) is 0 Å². The molecule has 2 heterocycles. The molecule has 0 atom stereocenters. The van der Waals surface area contributed by atoms with Gasteiger partial charge in [0.2, 0.25) is 0 Å². The third kappa shape index (κ3) is 5.23. The molecule has 0 radical (unpaired) electrons. The fourth-order valence-electron chi connectivity index (χ4n) is 4.43. The number of alkyl halides is 3. The highest BCUT2D eigenvalue weighted by atomic mass is 19.3. The molecule has 6 nitrogen and oxygen atoms in total. The van der Waals surface area contributed by atoms with Crippen molar-refractivity contribution >= 4 is 23.1 Å². The summed E-state index contributed by atoms with van der Waals surface area (Å²) < 4.78 is 40.3. The Morgan fingerprint density at radius 2 is 1.94 bits per heavy atom. The standard InChI is InChI=1S/C24H28F3N5O/c1-31(22-7-3-6-21-30-20(23(26)27)15-32(21)22)19-10-8-17(9-11-19)29-24(33)16-4-2-5-18(14-16)28-13-12-25/h2-7,14-15,17,19,23,28H,8-13H2,1H3,(H,29,33). The first-order valence-corrected chi connectivity index (χ1v) is 11.2. The number of amides is 1. The summed E-state index contributed by atoms with van der Waals surface area (Å²) in [6.45, 7) is -0.268. The van der Waals surface area contributed by atoms with E-state index in [0.29, 0.717) is 16.9 Å². The minimum Gasteiger partial charge on any atom is -0.382 e. The van der Waals surface area contributed by atoms with Crippen LogP contribution in [0.4, 0.5) is 24.7 Å². The van der Waals surface area contributed by atoms with Crippen molar-refractivity contribution in [3.63, 3.8) is 0 Å². The smallest absolute Gasteiger partial charge is 0.281 e. The van der Waals surface area contributed by atoms with E-state index in [1.165, 1.54) is 6.20 Å². The SMILES string of the molecule is CN(c1cccc2nc(C(F)F)cn12)C1CCC(NC(=O)c2cccc(NCCF)c2)CC1. The molecule has 33 heavy (non-hydrogen) atoms. The molecule has 9 heteroatoms. The summed E-state index contributed by atoms with van der Waals surface area (Å²) in [5, 5.41) is 6.04. The van der Waals surface area contributed by atoms with Gasteiger partial charge in [0.05, 0.1) is 0 Å². The van der Waals surface area contributed by atoms with Gasteiger partial charge in [-0.15, -0.1) is 0 Å². The molecule has 1 fully saturated rings. The molecule has 1 aliphatic rings.